The van der Waals surface area contributed by atoms with E-state index in [1.165, 1.54) is 24.8 Å². The molecule has 0 aliphatic carbocycles. The second kappa shape index (κ2) is 5.61. The van der Waals surface area contributed by atoms with Crippen molar-refractivity contribution in [2.45, 2.75) is 19.6 Å². The van der Waals surface area contributed by atoms with Crippen LogP contribution in [0.3, 0.4) is 0 Å². The maximum atomic E-state index is 13.0. The van der Waals surface area contributed by atoms with Gasteiger partial charge in [-0.05, 0) is 19.1 Å². The number of fused-ring (bicyclic) bond motifs is 3. The summed E-state index contributed by atoms with van der Waals surface area (Å²) in [6.07, 6.45) is -0.508. The molecule has 0 aliphatic heterocycles. The molecule has 0 bridgehead atoms. The molecule has 10 heteroatoms. The van der Waals surface area contributed by atoms with Crippen molar-refractivity contribution >= 4 is 21.9 Å². The average molecular weight is 360 g/mol. The molecule has 0 amide bonds. The highest BCUT2D eigenvalue weighted by atomic mass is 19.4. The fourth-order valence-corrected chi connectivity index (χ4v) is 2.82. The number of rotatable bonds is 2. The monoisotopic (exact) mass is 360 g/mol. The number of pyridine rings is 2. The van der Waals surface area contributed by atoms with E-state index < -0.39 is 18.3 Å². The topological polar surface area (TPSA) is 89.4 Å². The van der Waals surface area contributed by atoms with E-state index in [4.69, 9.17) is 0 Å². The summed E-state index contributed by atoms with van der Waals surface area (Å²) in [4.78, 5) is 24.9. The molecule has 7 nitrogen and oxygen atoms in total. The van der Waals surface area contributed by atoms with Gasteiger partial charge in [0.25, 0.3) is 5.56 Å². The SMILES string of the molecule is Cc1cc(-c2cnc3c4[nH]ncc4c(=O)n(CC(F)(F)F)c3c2)ncn1. The summed E-state index contributed by atoms with van der Waals surface area (Å²) >= 11 is 0. The van der Waals surface area contributed by atoms with Gasteiger partial charge >= 0.3 is 6.18 Å². The Morgan fingerprint density at radius 2 is 1.96 bits per heavy atom. The number of aryl methyl sites for hydroxylation is 1. The van der Waals surface area contributed by atoms with Gasteiger partial charge < -0.3 is 0 Å². The van der Waals surface area contributed by atoms with Gasteiger partial charge in [0.1, 0.15) is 18.4 Å². The van der Waals surface area contributed by atoms with Crippen LogP contribution in [0.2, 0.25) is 0 Å². The first-order valence-electron chi connectivity index (χ1n) is 7.55. The van der Waals surface area contributed by atoms with E-state index in [1.807, 2.05) is 0 Å². The van der Waals surface area contributed by atoms with Gasteiger partial charge in [-0.3, -0.25) is 19.4 Å². The quantitative estimate of drug-likeness (QED) is 0.593. The van der Waals surface area contributed by atoms with Crippen LogP contribution in [0.1, 0.15) is 5.69 Å². The Hall–Kier alpha value is -3.30. The first kappa shape index (κ1) is 16.2. The largest absolute Gasteiger partial charge is 0.406 e. The molecule has 0 radical (unpaired) electrons. The number of H-pyrrole nitrogens is 1. The molecule has 4 rings (SSSR count). The molecule has 0 atom stereocenters. The zero-order valence-electron chi connectivity index (χ0n) is 13.4. The smallest absolute Gasteiger partial charge is 0.297 e. The minimum absolute atomic E-state index is 0.0536. The molecular weight excluding hydrogens is 349 g/mol. The number of hydrogen-bond acceptors (Lipinski definition) is 5. The van der Waals surface area contributed by atoms with Crippen LogP contribution in [0.15, 0.2) is 35.6 Å². The van der Waals surface area contributed by atoms with Gasteiger partial charge in [0.05, 0.1) is 28.3 Å². The lowest BCUT2D eigenvalue weighted by atomic mass is 10.1. The molecule has 4 heterocycles. The second-order valence-electron chi connectivity index (χ2n) is 5.80. The third kappa shape index (κ3) is 2.68. The Labute approximate surface area is 143 Å². The number of aromatic nitrogens is 6. The van der Waals surface area contributed by atoms with Gasteiger partial charge in [0, 0.05) is 17.5 Å². The molecule has 132 valence electrons. The molecule has 0 aliphatic rings. The van der Waals surface area contributed by atoms with E-state index in [9.17, 15) is 18.0 Å². The predicted octanol–water partition coefficient (Wildman–Crippen LogP) is 2.60. The van der Waals surface area contributed by atoms with E-state index in [1.54, 1.807) is 13.0 Å². The van der Waals surface area contributed by atoms with Crippen molar-refractivity contribution in [3.8, 4) is 11.3 Å². The summed E-state index contributed by atoms with van der Waals surface area (Å²) in [7, 11) is 0. The molecule has 0 aromatic carbocycles. The zero-order valence-corrected chi connectivity index (χ0v) is 13.4. The Bertz CT molecular complexity index is 1190. The van der Waals surface area contributed by atoms with Crippen molar-refractivity contribution in [3.63, 3.8) is 0 Å². The van der Waals surface area contributed by atoms with E-state index in [0.717, 1.165) is 0 Å². The molecule has 26 heavy (non-hydrogen) atoms. The number of halogens is 3. The summed E-state index contributed by atoms with van der Waals surface area (Å²) in [6.45, 7) is 0.352. The van der Waals surface area contributed by atoms with Crippen LogP contribution >= 0.6 is 0 Å². The maximum absolute atomic E-state index is 13.0. The minimum atomic E-state index is -4.56. The number of alkyl halides is 3. The molecule has 0 saturated heterocycles. The minimum Gasteiger partial charge on any atom is -0.297 e. The van der Waals surface area contributed by atoms with Crippen molar-refractivity contribution < 1.29 is 13.2 Å². The van der Waals surface area contributed by atoms with Gasteiger partial charge in [0.15, 0.2) is 0 Å². The second-order valence-corrected chi connectivity index (χ2v) is 5.80. The fourth-order valence-electron chi connectivity index (χ4n) is 2.82. The molecule has 4 aromatic rings. The Balaban J connectivity index is 2.05. The highest BCUT2D eigenvalue weighted by Crippen LogP contribution is 2.26. The molecule has 0 unspecified atom stereocenters. The summed E-state index contributed by atoms with van der Waals surface area (Å²) in [5.41, 5.74) is 1.49. The number of hydrogen-bond donors (Lipinski definition) is 1. The van der Waals surface area contributed by atoms with Crippen molar-refractivity contribution in [2.75, 3.05) is 0 Å². The summed E-state index contributed by atoms with van der Waals surface area (Å²) in [6, 6.07) is 3.15. The summed E-state index contributed by atoms with van der Waals surface area (Å²) in [5.74, 6) is 0. The zero-order chi connectivity index (χ0) is 18.5. The molecule has 0 saturated carbocycles. The third-order valence-corrected chi connectivity index (χ3v) is 3.95. The van der Waals surface area contributed by atoms with Crippen LogP contribution < -0.4 is 5.56 Å². The van der Waals surface area contributed by atoms with Gasteiger partial charge in [-0.25, -0.2) is 9.97 Å². The molecule has 1 N–H and O–H groups in total. The van der Waals surface area contributed by atoms with Crippen molar-refractivity contribution in [2.24, 2.45) is 0 Å². The Morgan fingerprint density at radius 3 is 2.69 bits per heavy atom. The van der Waals surface area contributed by atoms with Gasteiger partial charge in [0.2, 0.25) is 0 Å². The van der Waals surface area contributed by atoms with Crippen LogP contribution in [0.5, 0.6) is 0 Å². The highest BCUT2D eigenvalue weighted by Gasteiger charge is 2.30. The maximum Gasteiger partial charge on any atom is 0.406 e. The normalized spacial score (nSPS) is 12.2. The van der Waals surface area contributed by atoms with Crippen LogP contribution in [0.25, 0.3) is 33.2 Å². The summed E-state index contributed by atoms with van der Waals surface area (Å²) < 4.78 is 39.7. The van der Waals surface area contributed by atoms with Crippen LogP contribution in [0, 0.1) is 6.92 Å². The highest BCUT2D eigenvalue weighted by molar-refractivity contribution is 6.01. The van der Waals surface area contributed by atoms with E-state index in [2.05, 4.69) is 25.1 Å². The van der Waals surface area contributed by atoms with Crippen LogP contribution in [-0.2, 0) is 6.54 Å². The Kier molecular flexibility index (Phi) is 3.49. The first-order chi connectivity index (χ1) is 12.3. The van der Waals surface area contributed by atoms with Gasteiger partial charge in [-0.1, -0.05) is 0 Å². The van der Waals surface area contributed by atoms with Crippen molar-refractivity contribution in [1.82, 2.24) is 29.7 Å². The molecule has 0 fully saturated rings. The lowest BCUT2D eigenvalue weighted by molar-refractivity contribution is -0.140. The third-order valence-electron chi connectivity index (χ3n) is 3.95. The van der Waals surface area contributed by atoms with Crippen LogP contribution in [0.4, 0.5) is 13.2 Å². The van der Waals surface area contributed by atoms with Gasteiger partial charge in [-0.2, -0.15) is 18.3 Å². The molecule has 4 aromatic heterocycles. The predicted molar refractivity (Wildman–Crippen MR) is 87.5 cm³/mol. The molecule has 0 spiro atoms. The lowest BCUT2D eigenvalue weighted by Gasteiger charge is -2.14. The van der Waals surface area contributed by atoms with Gasteiger partial charge in [-0.15, -0.1) is 0 Å². The van der Waals surface area contributed by atoms with Crippen molar-refractivity contribution in [1.29, 1.82) is 0 Å². The number of aromatic amines is 1. The van der Waals surface area contributed by atoms with E-state index in [0.29, 0.717) is 27.0 Å². The molecular formula is C16H11F3N6O. The summed E-state index contributed by atoms with van der Waals surface area (Å²) in [5, 5.41) is 6.45. The fraction of sp³-hybridized carbons (Fsp3) is 0.188. The standard InChI is InChI=1S/C16H11F3N6O/c1-8-2-11(22-7-21-8)9-3-12-14(20-4-9)13-10(5-23-24-13)15(26)25(12)6-16(17,18)19/h2-5,7H,6H2,1H3,(H,23,24). The number of nitrogens with one attached hydrogen (secondary N) is 1. The number of nitrogens with zero attached hydrogens (tertiary/aromatic N) is 5. The van der Waals surface area contributed by atoms with E-state index in [-0.39, 0.29) is 16.4 Å². The van der Waals surface area contributed by atoms with Crippen molar-refractivity contribution in [3.05, 3.63) is 46.9 Å². The van der Waals surface area contributed by atoms with Crippen LogP contribution in [-0.4, -0.2) is 35.9 Å². The Morgan fingerprint density at radius 1 is 1.15 bits per heavy atom. The lowest BCUT2D eigenvalue weighted by Crippen LogP contribution is -2.28. The average Bonchev–Trinajstić information content (AvgIpc) is 3.07. The first-order valence-corrected chi connectivity index (χ1v) is 7.55. The van der Waals surface area contributed by atoms with E-state index >= 15 is 0 Å².